The fraction of sp³-hybridized carbons (Fsp3) is 0.296. The van der Waals surface area contributed by atoms with Crippen LogP contribution in [0, 0.1) is 6.92 Å². The van der Waals surface area contributed by atoms with Crippen LogP contribution in [-0.4, -0.2) is 70.7 Å². The lowest BCUT2D eigenvalue weighted by atomic mass is 9.95. The lowest BCUT2D eigenvalue weighted by Gasteiger charge is -2.26. The Morgan fingerprint density at radius 2 is 1.77 bits per heavy atom. The van der Waals surface area contributed by atoms with Crippen LogP contribution >= 0.6 is 0 Å². The van der Waals surface area contributed by atoms with Gasteiger partial charge in [-0.05, 0) is 63.8 Å². The number of hydrogen-bond donors (Lipinski definition) is 1. The number of para-hydroxylation sites is 1. The van der Waals surface area contributed by atoms with Crippen LogP contribution in [0.3, 0.4) is 0 Å². The Morgan fingerprint density at radius 1 is 1.09 bits per heavy atom. The summed E-state index contributed by atoms with van der Waals surface area (Å²) in [7, 11) is 5.50. The molecule has 1 fully saturated rings. The van der Waals surface area contributed by atoms with Gasteiger partial charge in [0, 0.05) is 6.54 Å². The average Bonchev–Trinajstić information content (AvgIpc) is 3.36. The van der Waals surface area contributed by atoms with Crippen molar-refractivity contribution in [1.82, 2.24) is 19.6 Å². The third-order valence-electron chi connectivity index (χ3n) is 6.24. The van der Waals surface area contributed by atoms with Crippen LogP contribution in [0.5, 0.6) is 5.75 Å². The summed E-state index contributed by atoms with van der Waals surface area (Å²) < 4.78 is 6.97. The number of aliphatic hydroxyl groups excluding tert-OH is 1. The zero-order valence-electron chi connectivity index (χ0n) is 20.4. The minimum Gasteiger partial charge on any atom is -0.507 e. The van der Waals surface area contributed by atoms with Crippen molar-refractivity contribution < 1.29 is 19.4 Å². The molecule has 0 unspecified atom stereocenters. The lowest BCUT2D eigenvalue weighted by Crippen LogP contribution is -2.32. The summed E-state index contributed by atoms with van der Waals surface area (Å²) in [5.41, 5.74) is 2.71. The van der Waals surface area contributed by atoms with E-state index < -0.39 is 17.7 Å². The minimum absolute atomic E-state index is 0.0701. The molecule has 1 aliphatic rings. The molecule has 2 heterocycles. The van der Waals surface area contributed by atoms with Gasteiger partial charge >= 0.3 is 0 Å². The number of nitrogens with zero attached hydrogens (tertiary/aromatic N) is 4. The van der Waals surface area contributed by atoms with E-state index in [1.807, 2.05) is 68.4 Å². The Balaban J connectivity index is 1.80. The Kier molecular flexibility index (Phi) is 7.02. The molecule has 0 spiro atoms. The van der Waals surface area contributed by atoms with Crippen molar-refractivity contribution in [2.75, 3.05) is 34.3 Å². The lowest BCUT2D eigenvalue weighted by molar-refractivity contribution is -0.139. The first-order valence-corrected chi connectivity index (χ1v) is 11.5. The molecule has 0 aliphatic carbocycles. The topological polar surface area (TPSA) is 87.9 Å². The second-order valence-electron chi connectivity index (χ2n) is 8.81. The maximum atomic E-state index is 13.3. The maximum Gasteiger partial charge on any atom is 0.295 e. The van der Waals surface area contributed by atoms with Crippen LogP contribution in [0.1, 0.15) is 29.3 Å². The molecule has 8 heteroatoms. The SMILES string of the molecule is COc1ccc([C@@H]2C(=C(O)c3cnn(-c4ccccc4)c3C)C(=O)C(=O)N2CCCN(C)C)cc1. The van der Waals surface area contributed by atoms with E-state index in [4.69, 9.17) is 4.74 Å². The van der Waals surface area contributed by atoms with Crippen molar-refractivity contribution in [3.63, 3.8) is 0 Å². The molecule has 1 aromatic heterocycles. The van der Waals surface area contributed by atoms with Crippen molar-refractivity contribution in [2.24, 2.45) is 0 Å². The summed E-state index contributed by atoms with van der Waals surface area (Å²) in [6, 6.07) is 16.0. The first kappa shape index (κ1) is 24.2. The van der Waals surface area contributed by atoms with E-state index in [0.29, 0.717) is 30.0 Å². The van der Waals surface area contributed by atoms with Crippen molar-refractivity contribution >= 4 is 17.4 Å². The number of ketones is 1. The number of methoxy groups -OCH3 is 1. The second-order valence-corrected chi connectivity index (χ2v) is 8.81. The Labute approximate surface area is 205 Å². The second kappa shape index (κ2) is 10.1. The number of ether oxygens (including phenoxy) is 1. The largest absolute Gasteiger partial charge is 0.507 e. The third kappa shape index (κ3) is 4.70. The predicted octanol–water partition coefficient (Wildman–Crippen LogP) is 3.56. The highest BCUT2D eigenvalue weighted by Gasteiger charge is 2.46. The molecule has 0 saturated carbocycles. The van der Waals surface area contributed by atoms with Gasteiger partial charge in [0.25, 0.3) is 11.7 Å². The maximum absolute atomic E-state index is 13.3. The summed E-state index contributed by atoms with van der Waals surface area (Å²) in [5.74, 6) is -0.864. The van der Waals surface area contributed by atoms with Gasteiger partial charge in [0.05, 0.1) is 41.9 Å². The van der Waals surface area contributed by atoms with E-state index >= 15 is 0 Å². The third-order valence-corrected chi connectivity index (χ3v) is 6.24. The number of benzene rings is 2. The molecule has 4 rings (SSSR count). The summed E-state index contributed by atoms with van der Waals surface area (Å²) in [5, 5.41) is 15.8. The molecule has 1 amide bonds. The highest BCUT2D eigenvalue weighted by atomic mass is 16.5. The molecule has 1 atom stereocenters. The van der Waals surface area contributed by atoms with Gasteiger partial charge in [0.1, 0.15) is 11.5 Å². The van der Waals surface area contributed by atoms with Gasteiger partial charge in [-0.3, -0.25) is 9.59 Å². The Hall–Kier alpha value is -3.91. The van der Waals surface area contributed by atoms with Crippen molar-refractivity contribution in [3.8, 4) is 11.4 Å². The molecule has 1 aliphatic heterocycles. The highest BCUT2D eigenvalue weighted by Crippen LogP contribution is 2.40. The molecule has 0 bridgehead atoms. The van der Waals surface area contributed by atoms with Crippen LogP contribution in [0.2, 0.25) is 0 Å². The van der Waals surface area contributed by atoms with E-state index in [9.17, 15) is 14.7 Å². The van der Waals surface area contributed by atoms with Crippen molar-refractivity contribution in [2.45, 2.75) is 19.4 Å². The minimum atomic E-state index is -0.706. The fourth-order valence-corrected chi connectivity index (χ4v) is 4.42. The number of aliphatic hydroxyl groups is 1. The van der Waals surface area contributed by atoms with Crippen LogP contribution in [0.25, 0.3) is 11.4 Å². The zero-order valence-corrected chi connectivity index (χ0v) is 20.4. The summed E-state index contributed by atoms with van der Waals surface area (Å²) in [6.45, 7) is 2.98. The van der Waals surface area contributed by atoms with Gasteiger partial charge in [0.15, 0.2) is 0 Å². The van der Waals surface area contributed by atoms with E-state index in [0.717, 1.165) is 17.8 Å². The molecule has 1 saturated heterocycles. The molecule has 2 aromatic carbocycles. The number of carbonyl (C=O) groups excluding carboxylic acids is 2. The van der Waals surface area contributed by atoms with Gasteiger partial charge in [-0.25, -0.2) is 4.68 Å². The van der Waals surface area contributed by atoms with Crippen LogP contribution in [-0.2, 0) is 9.59 Å². The molecular weight excluding hydrogens is 444 g/mol. The fourth-order valence-electron chi connectivity index (χ4n) is 4.42. The first-order chi connectivity index (χ1) is 16.8. The van der Waals surface area contributed by atoms with E-state index in [-0.39, 0.29) is 11.3 Å². The first-order valence-electron chi connectivity index (χ1n) is 11.5. The summed E-state index contributed by atoms with van der Waals surface area (Å²) in [6.07, 6.45) is 2.22. The Morgan fingerprint density at radius 3 is 2.40 bits per heavy atom. The number of carbonyl (C=O) groups is 2. The van der Waals surface area contributed by atoms with E-state index in [1.54, 1.807) is 28.8 Å². The monoisotopic (exact) mass is 474 g/mol. The number of hydrogen-bond acceptors (Lipinski definition) is 6. The molecule has 8 nitrogen and oxygen atoms in total. The van der Waals surface area contributed by atoms with Crippen molar-refractivity contribution in [3.05, 3.63) is 83.2 Å². The standard InChI is InChI=1S/C27H30N4O4/c1-18-22(17-28-31(18)20-9-6-5-7-10-20)25(32)23-24(19-11-13-21(35-4)14-12-19)30(27(34)26(23)33)16-8-15-29(2)3/h5-7,9-14,17,24,32H,8,15-16H2,1-4H3/t24-/m1/s1. The van der Waals surface area contributed by atoms with Crippen LogP contribution in [0.15, 0.2) is 66.4 Å². The van der Waals surface area contributed by atoms with Gasteiger partial charge in [-0.15, -0.1) is 0 Å². The molecule has 3 aromatic rings. The normalized spacial score (nSPS) is 17.4. The smallest absolute Gasteiger partial charge is 0.295 e. The van der Waals surface area contributed by atoms with Crippen LogP contribution in [0.4, 0.5) is 0 Å². The molecule has 1 N–H and O–H groups in total. The van der Waals surface area contributed by atoms with Crippen molar-refractivity contribution in [1.29, 1.82) is 0 Å². The van der Waals surface area contributed by atoms with Gasteiger partial charge in [0.2, 0.25) is 0 Å². The summed E-state index contributed by atoms with van der Waals surface area (Å²) >= 11 is 0. The Bertz CT molecular complexity index is 1250. The average molecular weight is 475 g/mol. The number of Topliss-reactive ketones (excluding diaryl/α,β-unsaturated/α-hetero) is 1. The highest BCUT2D eigenvalue weighted by molar-refractivity contribution is 6.46. The van der Waals surface area contributed by atoms with Crippen LogP contribution < -0.4 is 4.74 Å². The van der Waals surface area contributed by atoms with Gasteiger partial charge < -0.3 is 19.6 Å². The molecule has 35 heavy (non-hydrogen) atoms. The van der Waals surface area contributed by atoms with E-state index in [1.165, 1.54) is 6.20 Å². The molecule has 182 valence electrons. The predicted molar refractivity (Wildman–Crippen MR) is 133 cm³/mol. The van der Waals surface area contributed by atoms with Gasteiger partial charge in [-0.2, -0.15) is 5.10 Å². The zero-order chi connectivity index (χ0) is 25.1. The number of likely N-dealkylation sites (tertiary alicyclic amines) is 1. The number of aromatic nitrogens is 2. The summed E-state index contributed by atoms with van der Waals surface area (Å²) in [4.78, 5) is 29.9. The molecule has 0 radical (unpaired) electrons. The van der Waals surface area contributed by atoms with E-state index in [2.05, 4.69) is 5.10 Å². The number of rotatable bonds is 8. The quantitative estimate of drug-likeness (QED) is 0.305. The van der Waals surface area contributed by atoms with Gasteiger partial charge in [-0.1, -0.05) is 30.3 Å². The number of amides is 1. The molecular formula is C27H30N4O4.